The maximum absolute atomic E-state index is 11.3. The molecule has 0 atom stereocenters. The van der Waals surface area contributed by atoms with Gasteiger partial charge in [-0.25, -0.2) is 0 Å². The van der Waals surface area contributed by atoms with E-state index in [2.05, 4.69) is 220 Å². The number of phenolic OH excluding ortho intramolecular Hbond substituents is 2. The number of hydrogen-bond donors (Lipinski definition) is 2. The smallest absolute Gasteiger partial charge is 0.507 e. The normalized spacial score (nSPS) is 14.3. The van der Waals surface area contributed by atoms with E-state index in [1.807, 2.05) is 0 Å². The summed E-state index contributed by atoms with van der Waals surface area (Å²) >= 11 is 0. The molecule has 3 heteroatoms. The van der Waals surface area contributed by atoms with Gasteiger partial charge >= 0.3 is 21.7 Å². The molecule has 6 aromatic rings. The third kappa shape index (κ3) is 9.15. The molecule has 0 spiro atoms. The number of rotatable bonds is 2. The summed E-state index contributed by atoms with van der Waals surface area (Å²) in [6.07, 6.45) is 0. The standard InChI is InChI=1S/2C29H34O.2CH3.Ti/c2*1-27(2,3)19-16-22(26(30)25(17-19)28(4,5)6)18-13-14-21-20-11-9-10-12-23(20)29(7,8)24(21)15-18;;;/h2*9-17,30H,1-8H3;2*1H3;/q;;2*-1;+2. The van der Waals surface area contributed by atoms with Gasteiger partial charge in [0.15, 0.2) is 0 Å². The summed E-state index contributed by atoms with van der Waals surface area (Å²) in [5, 5.41) is 22.6. The third-order valence-electron chi connectivity index (χ3n) is 13.4. The van der Waals surface area contributed by atoms with Crippen molar-refractivity contribution in [1.29, 1.82) is 0 Å². The maximum Gasteiger partial charge on any atom is 2.00 e. The quantitative estimate of drug-likeness (QED) is 0.134. The summed E-state index contributed by atoms with van der Waals surface area (Å²) in [7, 11) is 0. The Bertz CT molecular complexity index is 2460. The van der Waals surface area contributed by atoms with Crippen LogP contribution in [0.2, 0.25) is 0 Å². The molecular weight excluding hydrogens is 801 g/mol. The first-order valence-electron chi connectivity index (χ1n) is 21.9. The van der Waals surface area contributed by atoms with Gasteiger partial charge in [-0.2, -0.15) is 0 Å². The monoisotopic (exact) mass is 875 g/mol. The van der Waals surface area contributed by atoms with Crippen LogP contribution in [0, 0.1) is 14.9 Å². The van der Waals surface area contributed by atoms with E-state index in [0.29, 0.717) is 11.5 Å². The van der Waals surface area contributed by atoms with Gasteiger partial charge in [0.1, 0.15) is 11.5 Å². The van der Waals surface area contributed by atoms with Gasteiger partial charge in [-0.05, 0) is 113 Å². The molecule has 330 valence electrons. The molecule has 0 aliphatic heterocycles. The summed E-state index contributed by atoms with van der Waals surface area (Å²) in [5.74, 6) is 0.813. The van der Waals surface area contributed by atoms with Crippen molar-refractivity contribution < 1.29 is 31.9 Å². The van der Waals surface area contributed by atoms with Crippen molar-refractivity contribution in [3.63, 3.8) is 0 Å². The number of aromatic hydroxyl groups is 2. The fraction of sp³-hybridized carbons (Fsp3) is 0.367. The Balaban J connectivity index is 0.000000264. The minimum atomic E-state index is -0.133. The van der Waals surface area contributed by atoms with E-state index in [1.54, 1.807) is 0 Å². The van der Waals surface area contributed by atoms with Crippen molar-refractivity contribution >= 4 is 0 Å². The molecule has 0 bridgehead atoms. The van der Waals surface area contributed by atoms with Crippen LogP contribution < -0.4 is 0 Å². The van der Waals surface area contributed by atoms with Gasteiger partial charge in [0.05, 0.1) is 0 Å². The third-order valence-corrected chi connectivity index (χ3v) is 13.4. The molecule has 0 fully saturated rings. The van der Waals surface area contributed by atoms with Crippen LogP contribution in [-0.4, -0.2) is 10.2 Å². The Morgan fingerprint density at radius 1 is 0.349 bits per heavy atom. The summed E-state index contributed by atoms with van der Waals surface area (Å²) in [4.78, 5) is 0. The zero-order valence-electron chi connectivity index (χ0n) is 41.8. The first kappa shape index (κ1) is 51.3. The molecular formula is C60H74O2Ti. The predicted octanol–water partition coefficient (Wildman–Crippen LogP) is 16.8. The van der Waals surface area contributed by atoms with Crippen LogP contribution in [0.5, 0.6) is 11.5 Å². The van der Waals surface area contributed by atoms with Crippen LogP contribution in [0.15, 0.2) is 109 Å². The van der Waals surface area contributed by atoms with E-state index < -0.39 is 0 Å². The van der Waals surface area contributed by atoms with E-state index in [0.717, 1.165) is 33.4 Å². The second kappa shape index (κ2) is 17.2. The van der Waals surface area contributed by atoms with Crippen LogP contribution in [0.3, 0.4) is 0 Å². The molecule has 2 N–H and O–H groups in total. The average Bonchev–Trinajstić information content (AvgIpc) is 3.52. The molecule has 0 aromatic heterocycles. The number of hydrogen-bond acceptors (Lipinski definition) is 2. The first-order valence-corrected chi connectivity index (χ1v) is 21.9. The van der Waals surface area contributed by atoms with Crippen molar-refractivity contribution in [3.8, 4) is 56.0 Å². The first-order chi connectivity index (χ1) is 27.6. The number of benzene rings is 6. The van der Waals surface area contributed by atoms with E-state index in [-0.39, 0.29) is 69.1 Å². The summed E-state index contributed by atoms with van der Waals surface area (Å²) in [6, 6.07) is 39.5. The Hall–Kier alpha value is -4.37. The van der Waals surface area contributed by atoms with Crippen LogP contribution in [0.1, 0.15) is 155 Å². The topological polar surface area (TPSA) is 40.5 Å². The summed E-state index contributed by atoms with van der Waals surface area (Å²) in [6.45, 7) is 35.6. The molecule has 0 amide bonds. The van der Waals surface area contributed by atoms with Gasteiger partial charge in [0, 0.05) is 33.1 Å². The molecule has 0 unspecified atom stereocenters. The molecule has 8 rings (SSSR count). The van der Waals surface area contributed by atoms with E-state index in [1.165, 1.54) is 55.6 Å². The molecule has 0 saturated carbocycles. The largest absolute Gasteiger partial charge is 2.00 e. The maximum atomic E-state index is 11.3. The van der Waals surface area contributed by atoms with Crippen LogP contribution in [-0.2, 0) is 54.2 Å². The number of phenols is 2. The van der Waals surface area contributed by atoms with Gasteiger partial charge in [-0.15, -0.1) is 0 Å². The van der Waals surface area contributed by atoms with Gasteiger partial charge < -0.3 is 25.1 Å². The predicted molar refractivity (Wildman–Crippen MR) is 270 cm³/mol. The van der Waals surface area contributed by atoms with Gasteiger partial charge in [0.2, 0.25) is 0 Å². The molecule has 6 aromatic carbocycles. The SMILES string of the molecule is CC(C)(C)c1cc(-c2ccc3c(c2)C(C)(C)c2ccccc2-3)c(O)c(C(C)(C)C)c1.CC(C)(C)c1cc(-c2ccc3c(c2)C(C)(C)c2ccccc2-3)c(O)c(C(C)(C)C)c1.[CH3-].[CH3-].[Ti+2]. The Morgan fingerprint density at radius 2 is 0.651 bits per heavy atom. The number of fused-ring (bicyclic) bond motifs is 6. The van der Waals surface area contributed by atoms with Crippen molar-refractivity contribution in [2.75, 3.05) is 0 Å². The second-order valence-electron chi connectivity index (χ2n) is 22.7. The zero-order valence-corrected chi connectivity index (χ0v) is 43.3. The summed E-state index contributed by atoms with van der Waals surface area (Å²) < 4.78 is 0. The fourth-order valence-corrected chi connectivity index (χ4v) is 9.46. The molecule has 0 saturated heterocycles. The van der Waals surface area contributed by atoms with Crippen molar-refractivity contribution in [2.45, 2.75) is 143 Å². The molecule has 2 aliphatic carbocycles. The second-order valence-corrected chi connectivity index (χ2v) is 22.7. The zero-order chi connectivity index (χ0) is 44.1. The fourth-order valence-electron chi connectivity index (χ4n) is 9.46. The molecule has 2 aliphatic rings. The molecule has 0 heterocycles. The van der Waals surface area contributed by atoms with E-state index in [9.17, 15) is 10.2 Å². The summed E-state index contributed by atoms with van der Waals surface area (Å²) in [5.41, 5.74) is 18.9. The van der Waals surface area contributed by atoms with E-state index >= 15 is 0 Å². The Morgan fingerprint density at radius 3 is 0.952 bits per heavy atom. The molecule has 0 radical (unpaired) electrons. The minimum Gasteiger partial charge on any atom is -0.507 e. The average molecular weight is 875 g/mol. The van der Waals surface area contributed by atoms with Crippen LogP contribution in [0.25, 0.3) is 44.5 Å². The van der Waals surface area contributed by atoms with Crippen molar-refractivity contribution in [3.05, 3.63) is 169 Å². The van der Waals surface area contributed by atoms with Gasteiger partial charge in [-0.3, -0.25) is 0 Å². The van der Waals surface area contributed by atoms with Crippen LogP contribution >= 0.6 is 0 Å². The Kier molecular flexibility index (Phi) is 14.0. The van der Waals surface area contributed by atoms with Crippen molar-refractivity contribution in [1.82, 2.24) is 0 Å². The molecule has 63 heavy (non-hydrogen) atoms. The van der Waals surface area contributed by atoms with E-state index in [4.69, 9.17) is 0 Å². The minimum absolute atomic E-state index is 0. The van der Waals surface area contributed by atoms with Crippen molar-refractivity contribution in [2.24, 2.45) is 0 Å². The van der Waals surface area contributed by atoms with Gasteiger partial charge in [0.25, 0.3) is 0 Å². The molecule has 2 nitrogen and oxygen atoms in total. The van der Waals surface area contributed by atoms with Crippen LogP contribution in [0.4, 0.5) is 0 Å². The van der Waals surface area contributed by atoms with Gasteiger partial charge in [-0.1, -0.05) is 196 Å². The Labute approximate surface area is 397 Å².